The molecule has 2 aromatic carbocycles. The molecule has 2 aliphatic rings. The van der Waals surface area contributed by atoms with Gasteiger partial charge in [0.15, 0.2) is 0 Å². The molecule has 2 aromatic rings. The predicted molar refractivity (Wildman–Crippen MR) is 89.7 cm³/mol. The Hall–Kier alpha value is -2.39. The van der Waals surface area contributed by atoms with Gasteiger partial charge in [-0.15, -0.1) is 0 Å². The summed E-state index contributed by atoms with van der Waals surface area (Å²) < 4.78 is 0. The molecule has 2 nitrogen and oxygen atoms in total. The SMILES string of the molecule is C1=CC=C(c2cccc3c2Sc2ccccc2N3)NC=C1. The van der Waals surface area contributed by atoms with Crippen LogP contribution < -0.4 is 10.6 Å². The molecule has 0 unspecified atom stereocenters. The minimum absolute atomic E-state index is 1.12. The molecule has 0 saturated heterocycles. The lowest BCUT2D eigenvalue weighted by Crippen LogP contribution is -2.07. The van der Waals surface area contributed by atoms with Crippen molar-refractivity contribution in [1.82, 2.24) is 5.32 Å². The average molecular weight is 290 g/mol. The summed E-state index contributed by atoms with van der Waals surface area (Å²) in [6.45, 7) is 0. The van der Waals surface area contributed by atoms with Crippen LogP contribution in [0, 0.1) is 0 Å². The van der Waals surface area contributed by atoms with Crippen LogP contribution in [0.1, 0.15) is 5.56 Å². The summed E-state index contributed by atoms with van der Waals surface area (Å²) in [4.78, 5) is 2.52. The number of fused-ring (bicyclic) bond motifs is 2. The summed E-state index contributed by atoms with van der Waals surface area (Å²) in [6.07, 6.45) is 10.1. The second-order valence-corrected chi connectivity index (χ2v) is 5.93. The zero-order valence-corrected chi connectivity index (χ0v) is 12.2. The molecular formula is C18H14N2S. The second kappa shape index (κ2) is 5.19. The third-order valence-corrected chi connectivity index (χ3v) is 4.71. The molecule has 0 bridgehead atoms. The number of nitrogens with one attached hydrogen (secondary N) is 2. The lowest BCUT2D eigenvalue weighted by atomic mass is 10.1. The van der Waals surface area contributed by atoms with Gasteiger partial charge in [-0.1, -0.05) is 48.2 Å². The van der Waals surface area contributed by atoms with Gasteiger partial charge in [-0.25, -0.2) is 0 Å². The van der Waals surface area contributed by atoms with Crippen molar-refractivity contribution in [3.63, 3.8) is 0 Å². The number of hydrogen-bond acceptors (Lipinski definition) is 3. The Bertz CT molecular complexity index is 788. The van der Waals surface area contributed by atoms with Crippen LogP contribution in [0.5, 0.6) is 0 Å². The van der Waals surface area contributed by atoms with Gasteiger partial charge in [0.2, 0.25) is 0 Å². The monoisotopic (exact) mass is 290 g/mol. The fourth-order valence-electron chi connectivity index (χ4n) is 2.50. The van der Waals surface area contributed by atoms with Gasteiger partial charge in [0.05, 0.1) is 11.4 Å². The highest BCUT2D eigenvalue weighted by atomic mass is 32.2. The number of benzene rings is 2. The number of hydrogen-bond donors (Lipinski definition) is 2. The maximum Gasteiger partial charge on any atom is 0.0533 e. The molecule has 2 heterocycles. The fourth-order valence-corrected chi connectivity index (χ4v) is 3.61. The van der Waals surface area contributed by atoms with Gasteiger partial charge < -0.3 is 10.6 Å². The first kappa shape index (κ1) is 12.4. The van der Waals surface area contributed by atoms with Crippen molar-refractivity contribution in [2.75, 3.05) is 5.32 Å². The van der Waals surface area contributed by atoms with Gasteiger partial charge >= 0.3 is 0 Å². The quantitative estimate of drug-likeness (QED) is 0.666. The fraction of sp³-hybridized carbons (Fsp3) is 0. The second-order valence-electron chi connectivity index (χ2n) is 4.87. The molecule has 0 spiro atoms. The molecule has 0 saturated carbocycles. The Morgan fingerprint density at radius 1 is 0.810 bits per heavy atom. The van der Waals surface area contributed by atoms with Gasteiger partial charge in [-0.05, 0) is 30.4 Å². The predicted octanol–water partition coefficient (Wildman–Crippen LogP) is 4.91. The summed E-state index contributed by atoms with van der Waals surface area (Å²) in [5, 5.41) is 6.87. The highest BCUT2D eigenvalue weighted by Crippen LogP contribution is 2.46. The van der Waals surface area contributed by atoms with E-state index in [0.717, 1.165) is 11.4 Å². The van der Waals surface area contributed by atoms with E-state index >= 15 is 0 Å². The highest BCUT2D eigenvalue weighted by molar-refractivity contribution is 7.99. The lowest BCUT2D eigenvalue weighted by Gasteiger charge is -2.23. The van der Waals surface area contributed by atoms with E-state index in [2.05, 4.69) is 65.3 Å². The summed E-state index contributed by atoms with van der Waals surface area (Å²) in [5.41, 5.74) is 4.67. The molecule has 3 heteroatoms. The standard InChI is InChI=1S/C18H14N2S/c1-2-8-14(19-12-5-1)13-7-6-10-16-18(13)21-17-11-4-3-9-15(17)20-16/h1-12,19-20H. The zero-order valence-electron chi connectivity index (χ0n) is 11.3. The summed E-state index contributed by atoms with van der Waals surface area (Å²) in [7, 11) is 0. The van der Waals surface area contributed by atoms with Crippen LogP contribution >= 0.6 is 11.8 Å². The van der Waals surface area contributed by atoms with Crippen LogP contribution in [-0.2, 0) is 0 Å². The topological polar surface area (TPSA) is 24.1 Å². The molecule has 0 aliphatic carbocycles. The maximum atomic E-state index is 3.52. The van der Waals surface area contributed by atoms with Gasteiger partial charge in [-0.3, -0.25) is 0 Å². The maximum absolute atomic E-state index is 3.52. The van der Waals surface area contributed by atoms with E-state index in [-0.39, 0.29) is 0 Å². The molecule has 4 rings (SSSR count). The molecule has 0 radical (unpaired) electrons. The molecule has 0 fully saturated rings. The Kier molecular flexibility index (Phi) is 3.05. The highest BCUT2D eigenvalue weighted by Gasteiger charge is 2.19. The van der Waals surface area contributed by atoms with Crippen LogP contribution in [-0.4, -0.2) is 0 Å². The largest absolute Gasteiger partial charge is 0.361 e. The molecule has 21 heavy (non-hydrogen) atoms. The van der Waals surface area contributed by atoms with Crippen LogP contribution in [0.25, 0.3) is 5.70 Å². The van der Waals surface area contributed by atoms with E-state index in [4.69, 9.17) is 0 Å². The Labute approximate surface area is 128 Å². The Balaban J connectivity index is 1.81. The van der Waals surface area contributed by atoms with Crippen molar-refractivity contribution in [2.24, 2.45) is 0 Å². The third-order valence-electron chi connectivity index (χ3n) is 3.49. The number of anilines is 2. The van der Waals surface area contributed by atoms with E-state index in [1.807, 2.05) is 30.1 Å². The Morgan fingerprint density at radius 2 is 1.71 bits per heavy atom. The summed E-state index contributed by atoms with van der Waals surface area (Å²) in [6, 6.07) is 14.8. The minimum atomic E-state index is 1.12. The van der Waals surface area contributed by atoms with E-state index in [0.29, 0.717) is 0 Å². The first-order valence-corrected chi connectivity index (χ1v) is 7.71. The first-order valence-electron chi connectivity index (χ1n) is 6.89. The smallest absolute Gasteiger partial charge is 0.0533 e. The van der Waals surface area contributed by atoms with Crippen molar-refractivity contribution in [3.8, 4) is 0 Å². The van der Waals surface area contributed by atoms with E-state index in [9.17, 15) is 0 Å². The minimum Gasteiger partial charge on any atom is -0.361 e. The summed E-state index contributed by atoms with van der Waals surface area (Å²) >= 11 is 1.82. The third kappa shape index (κ3) is 2.26. The number of allylic oxidation sites excluding steroid dienone is 4. The number of rotatable bonds is 1. The van der Waals surface area contributed by atoms with Crippen molar-refractivity contribution < 1.29 is 0 Å². The molecule has 0 atom stereocenters. The molecule has 0 amide bonds. The first-order chi connectivity index (χ1) is 10.4. The molecule has 102 valence electrons. The van der Waals surface area contributed by atoms with Crippen molar-refractivity contribution in [1.29, 1.82) is 0 Å². The molecule has 2 aliphatic heterocycles. The van der Waals surface area contributed by atoms with Crippen LogP contribution in [0.15, 0.2) is 82.8 Å². The Morgan fingerprint density at radius 3 is 2.71 bits per heavy atom. The van der Waals surface area contributed by atoms with Gasteiger partial charge in [-0.2, -0.15) is 0 Å². The van der Waals surface area contributed by atoms with Gasteiger partial charge in [0.1, 0.15) is 0 Å². The van der Waals surface area contributed by atoms with Crippen molar-refractivity contribution in [2.45, 2.75) is 9.79 Å². The lowest BCUT2D eigenvalue weighted by molar-refractivity contribution is 1.18. The van der Waals surface area contributed by atoms with Gasteiger partial charge in [0, 0.05) is 27.3 Å². The van der Waals surface area contributed by atoms with Crippen molar-refractivity contribution >= 4 is 28.8 Å². The van der Waals surface area contributed by atoms with Crippen LogP contribution in [0.4, 0.5) is 11.4 Å². The molecular weight excluding hydrogens is 276 g/mol. The zero-order chi connectivity index (χ0) is 14.1. The van der Waals surface area contributed by atoms with Crippen LogP contribution in [0.2, 0.25) is 0 Å². The molecule has 2 N–H and O–H groups in total. The van der Waals surface area contributed by atoms with E-state index in [1.54, 1.807) is 0 Å². The van der Waals surface area contributed by atoms with Gasteiger partial charge in [0.25, 0.3) is 0 Å². The van der Waals surface area contributed by atoms with E-state index < -0.39 is 0 Å². The van der Waals surface area contributed by atoms with E-state index in [1.165, 1.54) is 21.0 Å². The van der Waals surface area contributed by atoms with Crippen molar-refractivity contribution in [3.05, 3.63) is 78.5 Å². The summed E-state index contributed by atoms with van der Waals surface area (Å²) in [5.74, 6) is 0. The molecule has 0 aromatic heterocycles. The van der Waals surface area contributed by atoms with Crippen LogP contribution in [0.3, 0.4) is 0 Å². The average Bonchev–Trinajstić information content (AvgIpc) is 2.81. The normalized spacial score (nSPS) is 15.1. The number of para-hydroxylation sites is 1.